The Morgan fingerprint density at radius 1 is 0.696 bits per heavy atom. The van der Waals surface area contributed by atoms with E-state index in [9.17, 15) is 0 Å². The minimum atomic E-state index is -0.974. The van der Waals surface area contributed by atoms with E-state index in [1.54, 1.807) is 24.7 Å². The van der Waals surface area contributed by atoms with E-state index in [1.165, 1.54) is 12.1 Å². The molecule has 6 aromatic rings. The Kier molecular flexibility index (Phi) is 14.4. The number of para-hydroxylation sites is 2. The summed E-state index contributed by atoms with van der Waals surface area (Å²) >= 11 is 0. The molecule has 5 unspecified atom stereocenters. The summed E-state index contributed by atoms with van der Waals surface area (Å²) in [5.41, 5.74) is 16.7. The van der Waals surface area contributed by atoms with Gasteiger partial charge in [0.2, 0.25) is 11.7 Å². The summed E-state index contributed by atoms with van der Waals surface area (Å²) in [6.45, 7) is 23.2. The van der Waals surface area contributed by atoms with Gasteiger partial charge in [-0.15, -0.1) is 17.4 Å². The van der Waals surface area contributed by atoms with Gasteiger partial charge in [0.15, 0.2) is 11.4 Å². The van der Waals surface area contributed by atoms with Crippen molar-refractivity contribution in [2.24, 2.45) is 15.8 Å². The summed E-state index contributed by atoms with van der Waals surface area (Å²) in [5.74, 6) is 3.96. The maximum atomic E-state index is 7.34. The first-order chi connectivity index (χ1) is 33.2. The smallest absolute Gasteiger partial charge is 0.221 e. The second-order valence-electron chi connectivity index (χ2n) is 16.7. The second kappa shape index (κ2) is 20.9. The van der Waals surface area contributed by atoms with Crippen LogP contribution in [0.15, 0.2) is 144 Å². The van der Waals surface area contributed by atoms with E-state index in [-0.39, 0.29) is 36.5 Å². The van der Waals surface area contributed by atoms with E-state index in [2.05, 4.69) is 31.9 Å². The minimum absolute atomic E-state index is 0. The third-order valence-electron chi connectivity index (χ3n) is 12.7. The number of ether oxygens (including phenoxy) is 4. The third kappa shape index (κ3) is 9.77. The largest absolute Gasteiger partial charge is 0.493 e. The number of guanidine groups is 1. The molecule has 5 aliphatic rings. The van der Waals surface area contributed by atoms with Gasteiger partial charge in [0.25, 0.3) is 0 Å². The van der Waals surface area contributed by atoms with E-state index in [1.807, 2.05) is 109 Å². The van der Waals surface area contributed by atoms with E-state index in [0.717, 1.165) is 86.1 Å². The van der Waals surface area contributed by atoms with Crippen molar-refractivity contribution in [2.45, 2.75) is 55.5 Å². The molecule has 0 aliphatic carbocycles. The summed E-state index contributed by atoms with van der Waals surface area (Å²) in [5, 5.41) is 13.0. The summed E-state index contributed by atoms with van der Waals surface area (Å²) < 4.78 is 24.8. The Balaban J connectivity index is 0.000000174. The first-order valence-corrected chi connectivity index (χ1v) is 22.3. The van der Waals surface area contributed by atoms with Gasteiger partial charge in [-0.05, 0) is 83.6 Å². The molecule has 6 aromatic carbocycles. The van der Waals surface area contributed by atoms with Crippen molar-refractivity contribution in [3.05, 3.63) is 190 Å². The van der Waals surface area contributed by atoms with Crippen molar-refractivity contribution >= 4 is 35.5 Å². The van der Waals surface area contributed by atoms with Gasteiger partial charge in [0.1, 0.15) is 40.9 Å². The summed E-state index contributed by atoms with van der Waals surface area (Å²) in [6.07, 6.45) is 2.55. The zero-order chi connectivity index (χ0) is 47.2. The van der Waals surface area contributed by atoms with Crippen LogP contribution in [0.25, 0.3) is 36.9 Å². The number of aliphatic imine (C=N–C) groups is 1. The number of hydrogen-bond donors (Lipinski definition) is 3. The van der Waals surface area contributed by atoms with Crippen molar-refractivity contribution in [1.29, 1.82) is 0 Å². The molecule has 14 nitrogen and oxygen atoms in total. The number of rotatable bonds is 4. The van der Waals surface area contributed by atoms with Gasteiger partial charge < -0.3 is 29.9 Å². The van der Waals surface area contributed by atoms with Gasteiger partial charge in [-0.3, -0.25) is 0 Å². The van der Waals surface area contributed by atoms with Crippen molar-refractivity contribution in [2.75, 3.05) is 27.3 Å². The van der Waals surface area contributed by atoms with Crippen LogP contribution in [-0.2, 0) is 10.6 Å². The molecule has 348 valence electrons. The van der Waals surface area contributed by atoms with Gasteiger partial charge in [-0.2, -0.15) is 6.57 Å². The van der Waals surface area contributed by atoms with Crippen molar-refractivity contribution in [1.82, 2.24) is 10.5 Å². The molecule has 4 N–H and O–H groups in total. The first-order valence-electron chi connectivity index (χ1n) is 22.3. The SMILES string of the molecule is CNO.Cl.[C-]#[N+]/N=C1/CC(C2CCOc3ccccc32)Oc2ccc(-c3cccc([N+]#[C-])c3)cc21.[C-]#[N+]c1cccc(-c2ccc3c(c2)C2(CC(C4CCOc5ccccc54)O3)N=C(N)N(C)O2)c1. The van der Waals surface area contributed by atoms with Crippen LogP contribution in [0.5, 0.6) is 23.0 Å². The summed E-state index contributed by atoms with van der Waals surface area (Å²) in [6, 6.07) is 43.3. The Labute approximate surface area is 407 Å². The predicted molar refractivity (Wildman–Crippen MR) is 266 cm³/mol. The van der Waals surface area contributed by atoms with Crippen molar-refractivity contribution in [3.63, 3.8) is 0 Å². The summed E-state index contributed by atoms with van der Waals surface area (Å²) in [4.78, 5) is 21.5. The number of hydroxylamine groups is 3. The fourth-order valence-corrected chi connectivity index (χ4v) is 9.62. The number of nitrogens with one attached hydrogen (secondary N) is 1. The van der Waals surface area contributed by atoms with E-state index >= 15 is 0 Å². The Morgan fingerprint density at radius 2 is 1.23 bits per heavy atom. The highest BCUT2D eigenvalue weighted by atomic mass is 35.5. The molecule has 11 rings (SSSR count). The molecule has 1 spiro atoms. The average molecular weight is 941 g/mol. The summed E-state index contributed by atoms with van der Waals surface area (Å²) in [7, 11) is 3.20. The van der Waals surface area contributed by atoms with Crippen LogP contribution in [-0.4, -0.2) is 61.5 Å². The predicted octanol–water partition coefficient (Wildman–Crippen LogP) is 11.2. The third-order valence-corrected chi connectivity index (χ3v) is 12.7. The minimum Gasteiger partial charge on any atom is -0.493 e. The molecular formula is C54H49ClN8O6. The van der Waals surface area contributed by atoms with Gasteiger partial charge in [0.05, 0.1) is 37.0 Å². The number of benzene rings is 6. The topological polar surface area (TPSA) is 145 Å². The van der Waals surface area contributed by atoms with E-state index in [4.69, 9.17) is 59.4 Å². The Hall–Kier alpha value is -7.90. The van der Waals surface area contributed by atoms with Gasteiger partial charge >= 0.3 is 0 Å². The molecular weight excluding hydrogens is 892 g/mol. The number of nitrogens with zero attached hydrogens (tertiary/aromatic N) is 6. The first kappa shape index (κ1) is 47.6. The van der Waals surface area contributed by atoms with Crippen LogP contribution in [0.2, 0.25) is 0 Å². The number of nitrogens with two attached hydrogens (primary N) is 1. The van der Waals surface area contributed by atoms with Crippen molar-refractivity contribution in [3.8, 4) is 45.3 Å². The molecule has 0 radical (unpaired) electrons. The lowest BCUT2D eigenvalue weighted by atomic mass is 9.81. The highest BCUT2D eigenvalue weighted by molar-refractivity contribution is 6.05. The maximum absolute atomic E-state index is 7.34. The van der Waals surface area contributed by atoms with E-state index < -0.39 is 5.72 Å². The number of fused-ring (bicyclic) bond motifs is 5. The molecule has 5 heterocycles. The molecule has 0 fully saturated rings. The number of halogens is 1. The Morgan fingerprint density at radius 3 is 1.80 bits per heavy atom. The molecule has 15 heteroatoms. The van der Waals surface area contributed by atoms with Crippen LogP contribution in [0.1, 0.15) is 59.8 Å². The molecule has 0 saturated carbocycles. The fourth-order valence-electron chi connectivity index (χ4n) is 9.62. The normalized spacial score (nSPS) is 21.7. The molecule has 0 amide bonds. The lowest BCUT2D eigenvalue weighted by Gasteiger charge is -2.41. The molecule has 69 heavy (non-hydrogen) atoms. The maximum Gasteiger partial charge on any atom is 0.221 e. The van der Waals surface area contributed by atoms with Crippen LogP contribution < -0.4 is 30.2 Å². The molecule has 5 aliphatic heterocycles. The zero-order valence-corrected chi connectivity index (χ0v) is 38.7. The fraction of sp³-hybridized carbons (Fsp3) is 0.241. The quantitative estimate of drug-likeness (QED) is 0.116. The van der Waals surface area contributed by atoms with Crippen LogP contribution in [0.3, 0.4) is 0 Å². The highest BCUT2D eigenvalue weighted by Crippen LogP contribution is 2.51. The van der Waals surface area contributed by atoms with Crippen LogP contribution >= 0.6 is 12.4 Å². The van der Waals surface area contributed by atoms with Crippen molar-refractivity contribution < 1.29 is 29.0 Å². The monoisotopic (exact) mass is 940 g/mol. The van der Waals surface area contributed by atoms with Crippen LogP contribution in [0.4, 0.5) is 11.4 Å². The average Bonchev–Trinajstić information content (AvgIpc) is 3.67. The van der Waals surface area contributed by atoms with Gasteiger partial charge in [-0.1, -0.05) is 84.9 Å². The molecule has 0 saturated heterocycles. The molecule has 0 aromatic heterocycles. The lowest BCUT2D eigenvalue weighted by molar-refractivity contribution is -0.192. The van der Waals surface area contributed by atoms with Gasteiger partial charge in [-0.25, -0.2) is 30.1 Å². The molecule has 0 bridgehead atoms. The highest BCUT2D eigenvalue weighted by Gasteiger charge is 2.51. The zero-order valence-electron chi connectivity index (χ0n) is 37.9. The van der Waals surface area contributed by atoms with Gasteiger partial charge in [0, 0.05) is 55.5 Å². The number of hydrogen-bond acceptors (Lipinski definition) is 11. The standard InChI is InChI=1S/C27H24N4O3.C26H19N3O2.CH5NO.ClH/c1-29-19-7-5-6-17(14-19)18-10-11-24-22(15-18)27(30-26(28)31(2)34-27)16-25(33-24)21-12-13-32-23-9-4-3-8-20(21)23;1-27-19-7-5-6-17(14-19)18-10-11-25-22(15-18)23(29-28-2)16-26(31-25)21-12-13-30-24-9-4-3-8-20(21)24;1-2-3;/h3-11,14-15,21,25H,12-13,16H2,2H3,(H2,28,30);3-11,14-15,21,26H,12-13,16H2;2-3H,1H3;1H/b;29-23-;;. The van der Waals surface area contributed by atoms with E-state index in [0.29, 0.717) is 43.4 Å². The molecule has 5 atom stereocenters. The lowest BCUT2D eigenvalue weighted by Crippen LogP contribution is -2.42. The second-order valence-corrected chi connectivity index (χ2v) is 16.7. The van der Waals surface area contributed by atoms with Crippen LogP contribution in [0, 0.1) is 19.7 Å². The Bertz CT molecular complexity index is 3050.